The molecule has 19 heavy (non-hydrogen) atoms. The zero-order chi connectivity index (χ0) is 13.7. The van der Waals surface area contributed by atoms with Crippen molar-refractivity contribution in [2.24, 2.45) is 0 Å². The van der Waals surface area contributed by atoms with Gasteiger partial charge in [-0.1, -0.05) is 0 Å². The van der Waals surface area contributed by atoms with E-state index in [1.807, 2.05) is 23.3 Å². The van der Waals surface area contributed by atoms with Crippen molar-refractivity contribution >= 4 is 22.7 Å². The van der Waals surface area contributed by atoms with Crippen molar-refractivity contribution < 1.29 is 5.11 Å². The Morgan fingerprint density at radius 2 is 1.89 bits per heavy atom. The van der Waals surface area contributed by atoms with E-state index in [2.05, 4.69) is 48.6 Å². The van der Waals surface area contributed by atoms with Crippen LogP contribution in [0.3, 0.4) is 0 Å². The Hall–Kier alpha value is -1.52. The number of likely N-dealkylation sites (N-methyl/N-ethyl adjacent to an activating group) is 1. The molecule has 0 amide bonds. The van der Waals surface area contributed by atoms with Gasteiger partial charge in [-0.15, -0.1) is 11.3 Å². The fourth-order valence-corrected chi connectivity index (χ4v) is 2.71. The lowest BCUT2D eigenvalue weighted by Crippen LogP contribution is -2.20. The normalized spacial score (nSPS) is 10.5. The van der Waals surface area contributed by atoms with Crippen LogP contribution >= 0.6 is 11.3 Å². The quantitative estimate of drug-likeness (QED) is 0.851. The summed E-state index contributed by atoms with van der Waals surface area (Å²) in [6, 6.07) is 12.6. The Kier molecular flexibility index (Phi) is 4.82. The molecule has 0 aliphatic rings. The molecule has 0 bridgehead atoms. The zero-order valence-corrected chi connectivity index (χ0v) is 12.2. The molecule has 102 valence electrons. The van der Waals surface area contributed by atoms with Crippen LogP contribution in [0, 0.1) is 6.92 Å². The van der Waals surface area contributed by atoms with Crippen LogP contribution in [0.1, 0.15) is 9.75 Å². The van der Waals surface area contributed by atoms with Crippen LogP contribution in [-0.2, 0) is 6.54 Å². The van der Waals surface area contributed by atoms with Crippen LogP contribution in [0.4, 0.5) is 11.4 Å². The number of rotatable bonds is 6. The molecule has 0 fully saturated rings. The number of benzene rings is 1. The number of thiophene rings is 1. The summed E-state index contributed by atoms with van der Waals surface area (Å²) in [6.45, 7) is 3.82. The molecule has 0 unspecified atom stereocenters. The molecule has 1 heterocycles. The van der Waals surface area contributed by atoms with Crippen molar-refractivity contribution in [3.8, 4) is 0 Å². The fourth-order valence-electron chi connectivity index (χ4n) is 1.88. The Labute approximate surface area is 118 Å². The molecule has 1 aromatic carbocycles. The first kappa shape index (κ1) is 13.9. The van der Waals surface area contributed by atoms with Crippen molar-refractivity contribution in [3.63, 3.8) is 0 Å². The molecule has 0 saturated heterocycles. The van der Waals surface area contributed by atoms with Gasteiger partial charge in [0.1, 0.15) is 0 Å². The number of aliphatic hydroxyl groups is 1. The molecule has 0 radical (unpaired) electrons. The maximum atomic E-state index is 8.91. The first-order valence-corrected chi connectivity index (χ1v) is 7.22. The van der Waals surface area contributed by atoms with Crippen molar-refractivity contribution in [3.05, 3.63) is 46.2 Å². The molecular formula is C15H20N2OS. The van der Waals surface area contributed by atoms with Gasteiger partial charge in [-0.25, -0.2) is 0 Å². The van der Waals surface area contributed by atoms with Gasteiger partial charge in [-0.2, -0.15) is 0 Å². The van der Waals surface area contributed by atoms with Crippen LogP contribution in [0.2, 0.25) is 0 Å². The standard InChI is InChI=1S/C15H20N2OS/c1-12-3-8-15(19-12)11-16-13-4-6-14(7-5-13)17(2)9-10-18/h3-8,16,18H,9-11H2,1-2H3. The third-order valence-electron chi connectivity index (χ3n) is 3.01. The lowest BCUT2D eigenvalue weighted by atomic mass is 10.2. The Morgan fingerprint density at radius 3 is 2.47 bits per heavy atom. The van der Waals surface area contributed by atoms with Gasteiger partial charge in [0.25, 0.3) is 0 Å². The van der Waals surface area contributed by atoms with E-state index in [1.165, 1.54) is 9.75 Å². The number of anilines is 2. The van der Waals surface area contributed by atoms with E-state index in [9.17, 15) is 0 Å². The SMILES string of the molecule is Cc1ccc(CNc2ccc(N(C)CCO)cc2)s1. The van der Waals surface area contributed by atoms with Gasteiger partial charge in [0.15, 0.2) is 0 Å². The minimum Gasteiger partial charge on any atom is -0.395 e. The van der Waals surface area contributed by atoms with Gasteiger partial charge >= 0.3 is 0 Å². The average Bonchev–Trinajstić information content (AvgIpc) is 2.83. The van der Waals surface area contributed by atoms with E-state index >= 15 is 0 Å². The van der Waals surface area contributed by atoms with E-state index < -0.39 is 0 Å². The van der Waals surface area contributed by atoms with Crippen molar-refractivity contribution in [1.82, 2.24) is 0 Å². The van der Waals surface area contributed by atoms with Gasteiger partial charge < -0.3 is 15.3 Å². The molecule has 0 aliphatic carbocycles. The minimum atomic E-state index is 0.175. The highest BCUT2D eigenvalue weighted by Crippen LogP contribution is 2.19. The van der Waals surface area contributed by atoms with Crippen LogP contribution in [0.5, 0.6) is 0 Å². The number of nitrogens with one attached hydrogen (secondary N) is 1. The molecule has 0 spiro atoms. The fraction of sp³-hybridized carbons (Fsp3) is 0.333. The molecule has 0 aliphatic heterocycles. The highest BCUT2D eigenvalue weighted by molar-refractivity contribution is 7.11. The summed E-state index contributed by atoms with van der Waals surface area (Å²) in [5.74, 6) is 0. The predicted molar refractivity (Wildman–Crippen MR) is 83.2 cm³/mol. The van der Waals surface area contributed by atoms with Crippen LogP contribution in [-0.4, -0.2) is 25.3 Å². The van der Waals surface area contributed by atoms with Crippen LogP contribution in [0.25, 0.3) is 0 Å². The second kappa shape index (κ2) is 6.59. The summed E-state index contributed by atoms with van der Waals surface area (Å²) in [5, 5.41) is 12.3. The number of aliphatic hydroxyl groups excluding tert-OH is 1. The topological polar surface area (TPSA) is 35.5 Å². The van der Waals surface area contributed by atoms with Crippen molar-refractivity contribution in [2.45, 2.75) is 13.5 Å². The summed E-state index contributed by atoms with van der Waals surface area (Å²) >= 11 is 1.82. The minimum absolute atomic E-state index is 0.175. The summed E-state index contributed by atoms with van der Waals surface area (Å²) < 4.78 is 0. The van der Waals surface area contributed by atoms with Crippen LogP contribution in [0.15, 0.2) is 36.4 Å². The molecule has 0 atom stereocenters. The predicted octanol–water partition coefficient (Wildman–Crippen LogP) is 3.10. The molecule has 2 N–H and O–H groups in total. The monoisotopic (exact) mass is 276 g/mol. The highest BCUT2D eigenvalue weighted by atomic mass is 32.1. The smallest absolute Gasteiger partial charge is 0.0606 e. The van der Waals surface area contributed by atoms with Gasteiger partial charge in [0.05, 0.1) is 6.61 Å². The molecule has 4 heteroatoms. The number of hydrogen-bond donors (Lipinski definition) is 2. The molecule has 3 nitrogen and oxygen atoms in total. The molecule has 1 aromatic heterocycles. The highest BCUT2D eigenvalue weighted by Gasteiger charge is 2.00. The van der Waals surface area contributed by atoms with Gasteiger partial charge in [-0.05, 0) is 43.3 Å². The number of nitrogens with zero attached hydrogens (tertiary/aromatic N) is 1. The van der Waals surface area contributed by atoms with E-state index in [1.54, 1.807) is 0 Å². The second-order valence-corrected chi connectivity index (χ2v) is 5.93. The third-order valence-corrected chi connectivity index (χ3v) is 4.01. The summed E-state index contributed by atoms with van der Waals surface area (Å²) in [7, 11) is 1.98. The maximum Gasteiger partial charge on any atom is 0.0606 e. The van der Waals surface area contributed by atoms with Gasteiger partial charge in [-0.3, -0.25) is 0 Å². The second-order valence-electron chi connectivity index (χ2n) is 4.56. The van der Waals surface area contributed by atoms with Crippen LogP contribution < -0.4 is 10.2 Å². The summed E-state index contributed by atoms with van der Waals surface area (Å²) in [6.07, 6.45) is 0. The zero-order valence-electron chi connectivity index (χ0n) is 11.4. The number of hydrogen-bond acceptors (Lipinski definition) is 4. The third kappa shape index (κ3) is 3.98. The molecule has 2 aromatic rings. The van der Waals surface area contributed by atoms with Gasteiger partial charge in [0.2, 0.25) is 0 Å². The van der Waals surface area contributed by atoms with Crippen molar-refractivity contribution in [1.29, 1.82) is 0 Å². The molecule has 2 rings (SSSR count). The van der Waals surface area contributed by atoms with E-state index in [-0.39, 0.29) is 6.61 Å². The van der Waals surface area contributed by atoms with E-state index in [0.717, 1.165) is 17.9 Å². The Balaban J connectivity index is 1.91. The first-order valence-electron chi connectivity index (χ1n) is 6.40. The summed E-state index contributed by atoms with van der Waals surface area (Å²) in [4.78, 5) is 4.73. The maximum absolute atomic E-state index is 8.91. The Morgan fingerprint density at radius 1 is 1.16 bits per heavy atom. The lowest BCUT2D eigenvalue weighted by molar-refractivity contribution is 0.304. The largest absolute Gasteiger partial charge is 0.395 e. The number of aryl methyl sites for hydroxylation is 1. The molecular weight excluding hydrogens is 256 g/mol. The van der Waals surface area contributed by atoms with Crippen molar-refractivity contribution in [2.75, 3.05) is 30.4 Å². The Bertz CT molecular complexity index is 507. The molecule has 0 saturated carbocycles. The van der Waals surface area contributed by atoms with E-state index in [4.69, 9.17) is 5.11 Å². The van der Waals surface area contributed by atoms with E-state index in [0.29, 0.717) is 6.54 Å². The average molecular weight is 276 g/mol. The van der Waals surface area contributed by atoms with Gasteiger partial charge in [0, 0.05) is 41.3 Å². The first-order chi connectivity index (χ1) is 9.19. The summed E-state index contributed by atoms with van der Waals surface area (Å²) in [5.41, 5.74) is 2.23. The lowest BCUT2D eigenvalue weighted by Gasteiger charge is -2.18.